The molecular weight excluding hydrogens is 313 g/mol. The maximum absolute atomic E-state index is 13.5. The highest BCUT2D eigenvalue weighted by Gasteiger charge is 2.22. The zero-order valence-corrected chi connectivity index (χ0v) is 12.9. The van der Waals surface area contributed by atoms with Gasteiger partial charge >= 0.3 is 0 Å². The Hall–Kier alpha value is -0.500. The van der Waals surface area contributed by atoms with Gasteiger partial charge in [-0.3, -0.25) is 4.21 Å². The van der Waals surface area contributed by atoms with Crippen molar-refractivity contribution in [3.63, 3.8) is 0 Å². The van der Waals surface area contributed by atoms with Crippen LogP contribution in [0.25, 0.3) is 0 Å². The number of halogens is 2. The Morgan fingerprint density at radius 2 is 2.11 bits per heavy atom. The van der Waals surface area contributed by atoms with Crippen LogP contribution in [0.2, 0.25) is 5.02 Å². The normalized spacial score (nSPS) is 15.2. The maximum Gasteiger partial charge on any atom is 0.244 e. The van der Waals surface area contributed by atoms with Crippen molar-refractivity contribution in [2.24, 2.45) is 0 Å². The molecule has 4 nitrogen and oxygen atoms in total. The fourth-order valence-corrected chi connectivity index (χ4v) is 3.47. The molecule has 2 atom stereocenters. The van der Waals surface area contributed by atoms with Crippen LogP contribution in [0.4, 0.5) is 4.39 Å². The predicted octanol–water partition coefficient (Wildman–Crippen LogP) is 1.91. The SMILES string of the molecule is C[C@H](CCNS(=O)(=O)c1c(F)cccc1Cl)[S@](C)=O. The van der Waals surface area contributed by atoms with Gasteiger partial charge in [0.05, 0.1) is 5.02 Å². The van der Waals surface area contributed by atoms with Gasteiger partial charge in [0.2, 0.25) is 10.0 Å². The van der Waals surface area contributed by atoms with Crippen molar-refractivity contribution in [3.8, 4) is 0 Å². The number of rotatable bonds is 6. The Morgan fingerprint density at radius 1 is 1.47 bits per heavy atom. The Kier molecular flexibility index (Phi) is 5.91. The minimum Gasteiger partial charge on any atom is -0.260 e. The summed E-state index contributed by atoms with van der Waals surface area (Å²) < 4.78 is 50.7. The van der Waals surface area contributed by atoms with E-state index in [-0.39, 0.29) is 16.8 Å². The van der Waals surface area contributed by atoms with Gasteiger partial charge in [0.1, 0.15) is 10.7 Å². The van der Waals surface area contributed by atoms with Gasteiger partial charge < -0.3 is 0 Å². The second-order valence-electron chi connectivity index (χ2n) is 4.05. The number of sulfonamides is 1. The van der Waals surface area contributed by atoms with Crippen LogP contribution in [-0.4, -0.2) is 30.7 Å². The molecule has 108 valence electrons. The minimum absolute atomic E-state index is 0.0771. The van der Waals surface area contributed by atoms with Crippen LogP contribution in [-0.2, 0) is 20.8 Å². The molecule has 0 aromatic heterocycles. The van der Waals surface area contributed by atoms with Gasteiger partial charge in [0.15, 0.2) is 0 Å². The third-order valence-corrected chi connectivity index (χ3v) is 5.93. The molecule has 0 spiro atoms. The van der Waals surface area contributed by atoms with Crippen molar-refractivity contribution in [3.05, 3.63) is 29.0 Å². The van der Waals surface area contributed by atoms with Crippen molar-refractivity contribution in [2.75, 3.05) is 12.8 Å². The van der Waals surface area contributed by atoms with Crippen molar-refractivity contribution in [1.29, 1.82) is 0 Å². The molecule has 0 aliphatic rings. The lowest BCUT2D eigenvalue weighted by Gasteiger charge is -2.11. The Morgan fingerprint density at radius 3 is 2.63 bits per heavy atom. The molecule has 0 aliphatic carbocycles. The fourth-order valence-electron chi connectivity index (χ4n) is 1.37. The first kappa shape index (κ1) is 16.6. The predicted molar refractivity (Wildman–Crippen MR) is 74.7 cm³/mol. The fraction of sp³-hybridized carbons (Fsp3) is 0.455. The lowest BCUT2D eigenvalue weighted by molar-refractivity contribution is 0.555. The van der Waals surface area contributed by atoms with Gasteiger partial charge in [-0.1, -0.05) is 24.6 Å². The number of hydrogen-bond donors (Lipinski definition) is 1. The van der Waals surface area contributed by atoms with Crippen LogP contribution in [0.15, 0.2) is 23.1 Å². The second kappa shape index (κ2) is 6.78. The third kappa shape index (κ3) is 4.52. The summed E-state index contributed by atoms with van der Waals surface area (Å²) in [6, 6.07) is 3.67. The van der Waals surface area contributed by atoms with E-state index < -0.39 is 31.5 Å². The maximum atomic E-state index is 13.5. The molecule has 0 heterocycles. The lowest BCUT2D eigenvalue weighted by atomic mass is 10.3. The topological polar surface area (TPSA) is 63.2 Å². The van der Waals surface area contributed by atoms with E-state index in [1.807, 2.05) is 0 Å². The molecular formula is C11H15ClFNO3S2. The molecule has 19 heavy (non-hydrogen) atoms. The Bertz CT molecular complexity index is 557. The van der Waals surface area contributed by atoms with Crippen molar-refractivity contribution < 1.29 is 17.0 Å². The summed E-state index contributed by atoms with van der Waals surface area (Å²) in [6.07, 6.45) is 1.95. The van der Waals surface area contributed by atoms with Crippen molar-refractivity contribution >= 4 is 32.4 Å². The molecule has 1 rings (SSSR count). The molecule has 0 fully saturated rings. The van der Waals surface area contributed by atoms with Crippen LogP contribution < -0.4 is 4.72 Å². The third-order valence-electron chi connectivity index (χ3n) is 2.60. The van der Waals surface area contributed by atoms with E-state index in [0.717, 1.165) is 6.07 Å². The Balaban J connectivity index is 2.80. The summed E-state index contributed by atoms with van der Waals surface area (Å²) in [5.74, 6) is -0.896. The van der Waals surface area contributed by atoms with E-state index in [9.17, 15) is 17.0 Å². The van der Waals surface area contributed by atoms with Gasteiger partial charge in [-0.25, -0.2) is 17.5 Å². The summed E-state index contributed by atoms with van der Waals surface area (Å²) in [5.41, 5.74) is 0. The average Bonchev–Trinajstić information content (AvgIpc) is 2.27. The summed E-state index contributed by atoms with van der Waals surface area (Å²) >= 11 is 5.70. The standard InChI is InChI=1S/C11H15ClFNO3S2/c1-8(18(2)15)6-7-14-19(16,17)11-9(12)4-3-5-10(11)13/h3-5,8,14H,6-7H2,1-2H3/t8-,18+/m1/s1. The largest absolute Gasteiger partial charge is 0.260 e. The van der Waals surface area contributed by atoms with Crippen LogP contribution in [0, 0.1) is 5.82 Å². The second-order valence-corrected chi connectivity index (χ2v) is 7.96. The molecule has 8 heteroatoms. The molecule has 0 radical (unpaired) electrons. The average molecular weight is 328 g/mol. The highest BCUT2D eigenvalue weighted by molar-refractivity contribution is 7.89. The van der Waals surface area contributed by atoms with Crippen LogP contribution in [0.1, 0.15) is 13.3 Å². The zero-order valence-electron chi connectivity index (χ0n) is 10.5. The van der Waals surface area contributed by atoms with Gasteiger partial charge in [-0.05, 0) is 18.6 Å². The Labute approximate surface area is 119 Å². The van der Waals surface area contributed by atoms with Gasteiger partial charge in [0.25, 0.3) is 0 Å². The molecule has 1 aromatic carbocycles. The molecule has 0 amide bonds. The van der Waals surface area contributed by atoms with Crippen LogP contribution in [0.3, 0.4) is 0 Å². The van der Waals surface area contributed by atoms with Crippen LogP contribution in [0.5, 0.6) is 0 Å². The molecule has 0 saturated heterocycles. The summed E-state index contributed by atoms with van der Waals surface area (Å²) in [7, 11) is -5.03. The van der Waals surface area contributed by atoms with E-state index in [4.69, 9.17) is 11.6 Å². The lowest BCUT2D eigenvalue weighted by Crippen LogP contribution is -2.28. The van der Waals surface area contributed by atoms with Gasteiger partial charge in [-0.2, -0.15) is 0 Å². The molecule has 0 bridgehead atoms. The van der Waals surface area contributed by atoms with E-state index >= 15 is 0 Å². The van der Waals surface area contributed by atoms with Crippen molar-refractivity contribution in [2.45, 2.75) is 23.5 Å². The minimum atomic E-state index is -4.00. The smallest absolute Gasteiger partial charge is 0.244 e. The zero-order chi connectivity index (χ0) is 14.6. The molecule has 1 aromatic rings. The van der Waals surface area contributed by atoms with E-state index in [2.05, 4.69) is 4.72 Å². The summed E-state index contributed by atoms with van der Waals surface area (Å²) in [6.45, 7) is 1.83. The highest BCUT2D eigenvalue weighted by atomic mass is 35.5. The van der Waals surface area contributed by atoms with Crippen molar-refractivity contribution in [1.82, 2.24) is 4.72 Å². The van der Waals surface area contributed by atoms with E-state index in [1.54, 1.807) is 13.2 Å². The first-order valence-electron chi connectivity index (χ1n) is 5.51. The monoisotopic (exact) mass is 327 g/mol. The quantitative estimate of drug-likeness (QED) is 0.868. The highest BCUT2D eigenvalue weighted by Crippen LogP contribution is 2.23. The first-order valence-corrected chi connectivity index (χ1v) is 9.00. The number of nitrogens with one attached hydrogen (secondary N) is 1. The molecule has 0 aliphatic heterocycles. The number of benzene rings is 1. The van der Waals surface area contributed by atoms with Gasteiger partial charge in [0, 0.05) is 28.9 Å². The van der Waals surface area contributed by atoms with E-state index in [1.165, 1.54) is 12.1 Å². The molecule has 1 N–H and O–H groups in total. The van der Waals surface area contributed by atoms with Gasteiger partial charge in [-0.15, -0.1) is 0 Å². The summed E-state index contributed by atoms with van der Waals surface area (Å²) in [5, 5.41) is -0.307. The van der Waals surface area contributed by atoms with Crippen LogP contribution >= 0.6 is 11.6 Å². The first-order chi connectivity index (χ1) is 8.75. The van der Waals surface area contributed by atoms with E-state index in [0.29, 0.717) is 6.42 Å². The number of hydrogen-bond acceptors (Lipinski definition) is 3. The molecule has 0 unspecified atom stereocenters. The molecule has 0 saturated carbocycles. The summed E-state index contributed by atoms with van der Waals surface area (Å²) in [4.78, 5) is -0.554.